The maximum Gasteiger partial charge on any atom is 0.257 e. The highest BCUT2D eigenvalue weighted by Gasteiger charge is 2.19. The third kappa shape index (κ3) is 6.73. The highest BCUT2D eigenvalue weighted by molar-refractivity contribution is 6.12. The van der Waals surface area contributed by atoms with Gasteiger partial charge in [0, 0.05) is 30.9 Å². The second-order valence-electron chi connectivity index (χ2n) is 9.91. The van der Waals surface area contributed by atoms with Crippen LogP contribution in [0.3, 0.4) is 0 Å². The van der Waals surface area contributed by atoms with Crippen molar-refractivity contribution in [2.75, 3.05) is 37.9 Å². The third-order valence-corrected chi connectivity index (χ3v) is 7.23. The van der Waals surface area contributed by atoms with Crippen molar-refractivity contribution in [3.63, 3.8) is 0 Å². The van der Waals surface area contributed by atoms with E-state index in [-0.39, 0.29) is 11.5 Å². The van der Waals surface area contributed by atoms with Gasteiger partial charge in [0.25, 0.3) is 11.8 Å². The summed E-state index contributed by atoms with van der Waals surface area (Å²) in [4.78, 5) is 28.1. The summed E-state index contributed by atoms with van der Waals surface area (Å²) in [5.74, 6) is 0.165. The van der Waals surface area contributed by atoms with Gasteiger partial charge in [-0.2, -0.15) is 0 Å². The van der Waals surface area contributed by atoms with E-state index >= 15 is 0 Å². The van der Waals surface area contributed by atoms with Gasteiger partial charge >= 0.3 is 0 Å². The van der Waals surface area contributed by atoms with Crippen molar-refractivity contribution in [3.05, 3.63) is 119 Å². The van der Waals surface area contributed by atoms with Crippen molar-refractivity contribution in [2.45, 2.75) is 19.4 Å². The summed E-state index contributed by atoms with van der Waals surface area (Å²) in [5, 5.41) is 5.61. The van der Waals surface area contributed by atoms with Crippen LogP contribution in [0.25, 0.3) is 0 Å². The van der Waals surface area contributed by atoms with Crippen LogP contribution >= 0.6 is 0 Å². The first kappa shape index (κ1) is 27.9. The number of carbonyl (C=O) groups is 2. The Morgan fingerprint density at radius 1 is 0.829 bits per heavy atom. The summed E-state index contributed by atoms with van der Waals surface area (Å²) in [7, 11) is 3.31. The number of amides is 2. The normalized spacial score (nSPS) is 12.8. The molecule has 1 heterocycles. The van der Waals surface area contributed by atoms with E-state index in [2.05, 4.69) is 27.7 Å². The van der Waals surface area contributed by atoms with Gasteiger partial charge in [-0.1, -0.05) is 30.3 Å². The fourth-order valence-corrected chi connectivity index (χ4v) is 4.99. The number of nitrogens with one attached hydrogen (secondary N) is 2. The molecule has 0 aromatic heterocycles. The van der Waals surface area contributed by atoms with Crippen molar-refractivity contribution in [3.8, 4) is 11.5 Å². The Bertz CT molecular complexity index is 1550. The smallest absolute Gasteiger partial charge is 0.257 e. The van der Waals surface area contributed by atoms with Crippen LogP contribution < -0.4 is 20.1 Å². The molecule has 7 nitrogen and oxygen atoms in total. The molecule has 0 fully saturated rings. The molecule has 0 saturated heterocycles. The van der Waals surface area contributed by atoms with Crippen molar-refractivity contribution in [2.24, 2.45) is 0 Å². The van der Waals surface area contributed by atoms with Gasteiger partial charge in [-0.3, -0.25) is 14.5 Å². The first-order valence-corrected chi connectivity index (χ1v) is 13.5. The van der Waals surface area contributed by atoms with Gasteiger partial charge in [0.1, 0.15) is 5.82 Å². The largest absolute Gasteiger partial charge is 0.493 e. The van der Waals surface area contributed by atoms with Gasteiger partial charge in [0.05, 0.1) is 25.5 Å². The van der Waals surface area contributed by atoms with Gasteiger partial charge in [-0.15, -0.1) is 0 Å². The zero-order valence-electron chi connectivity index (χ0n) is 23.1. The van der Waals surface area contributed by atoms with E-state index in [9.17, 15) is 14.0 Å². The van der Waals surface area contributed by atoms with E-state index in [1.807, 2.05) is 24.3 Å². The van der Waals surface area contributed by atoms with Crippen molar-refractivity contribution in [1.82, 2.24) is 4.90 Å². The van der Waals surface area contributed by atoms with Gasteiger partial charge in [0.2, 0.25) is 0 Å². The molecule has 4 aromatic rings. The molecule has 4 aromatic carbocycles. The van der Waals surface area contributed by atoms with Gasteiger partial charge in [0.15, 0.2) is 11.5 Å². The van der Waals surface area contributed by atoms with E-state index in [0.717, 1.165) is 50.0 Å². The predicted octanol–water partition coefficient (Wildman–Crippen LogP) is 5.95. The number of ether oxygens (including phenoxy) is 2. The van der Waals surface area contributed by atoms with Gasteiger partial charge in [-0.25, -0.2) is 4.39 Å². The van der Waals surface area contributed by atoms with E-state index in [0.29, 0.717) is 16.9 Å². The molecule has 0 atom stereocenters. The summed E-state index contributed by atoms with van der Waals surface area (Å²) >= 11 is 0. The second-order valence-corrected chi connectivity index (χ2v) is 9.91. The number of benzene rings is 4. The number of halogens is 1. The summed E-state index contributed by atoms with van der Waals surface area (Å²) in [6, 6.07) is 24.1. The Morgan fingerprint density at radius 2 is 1.56 bits per heavy atom. The predicted molar refractivity (Wildman–Crippen MR) is 157 cm³/mol. The summed E-state index contributed by atoms with van der Waals surface area (Å²) in [6.07, 6.45) is 1.84. The first-order valence-electron chi connectivity index (χ1n) is 13.5. The molecule has 2 amide bonds. The Balaban J connectivity index is 1.17. The zero-order valence-corrected chi connectivity index (χ0v) is 23.1. The maximum atomic E-state index is 13.5. The third-order valence-electron chi connectivity index (χ3n) is 7.23. The van der Waals surface area contributed by atoms with Crippen LogP contribution in [0.15, 0.2) is 84.9 Å². The minimum absolute atomic E-state index is 0.171. The Hall–Kier alpha value is -4.69. The molecule has 0 spiro atoms. The lowest BCUT2D eigenvalue weighted by atomic mass is 9.98. The molecular weight excluding hydrogens is 521 g/mol. The molecule has 210 valence electrons. The van der Waals surface area contributed by atoms with Crippen molar-refractivity contribution < 1.29 is 23.5 Å². The average molecular weight is 554 g/mol. The minimum Gasteiger partial charge on any atom is -0.493 e. The molecule has 0 aliphatic carbocycles. The Morgan fingerprint density at radius 3 is 2.29 bits per heavy atom. The van der Waals surface area contributed by atoms with Crippen LogP contribution in [0, 0.1) is 5.82 Å². The van der Waals surface area contributed by atoms with Crippen LogP contribution in [-0.2, 0) is 19.4 Å². The topological polar surface area (TPSA) is 79.9 Å². The highest BCUT2D eigenvalue weighted by atomic mass is 19.1. The Labute approximate surface area is 238 Å². The number of hydrogen-bond donors (Lipinski definition) is 2. The van der Waals surface area contributed by atoms with E-state index in [1.165, 1.54) is 34.9 Å². The lowest BCUT2D eigenvalue weighted by molar-refractivity contribution is 0.102. The molecule has 0 bridgehead atoms. The molecule has 1 aliphatic rings. The molecule has 0 radical (unpaired) electrons. The zero-order chi connectivity index (χ0) is 28.8. The van der Waals surface area contributed by atoms with E-state index < -0.39 is 11.7 Å². The molecule has 2 N–H and O–H groups in total. The number of methoxy groups -OCH3 is 2. The average Bonchev–Trinajstić information content (AvgIpc) is 3.00. The monoisotopic (exact) mass is 553 g/mol. The number of rotatable bonds is 9. The molecule has 0 saturated carbocycles. The van der Waals surface area contributed by atoms with Crippen LogP contribution in [0.4, 0.5) is 15.8 Å². The lowest BCUT2D eigenvalue weighted by Crippen LogP contribution is -2.32. The summed E-state index contributed by atoms with van der Waals surface area (Å²) < 4.78 is 24.5. The van der Waals surface area contributed by atoms with Gasteiger partial charge < -0.3 is 20.1 Å². The SMILES string of the molecule is COc1cc2c(cc1OC)CN(CCc1ccc(NC(=O)c3ccccc3NC(=O)c3cccc(F)c3)cc1)CC2. The fourth-order valence-electron chi connectivity index (χ4n) is 4.99. The summed E-state index contributed by atoms with van der Waals surface area (Å²) in [5.41, 5.74) is 5.20. The molecule has 41 heavy (non-hydrogen) atoms. The standard InChI is InChI=1S/C33H32FN3O4/c1-40-30-19-23-15-17-37(21-25(23)20-31(30)41-2)16-14-22-10-12-27(13-11-22)35-33(39)28-8-3-4-9-29(28)36-32(38)24-6-5-7-26(34)18-24/h3-13,18-20H,14-17,21H2,1-2H3,(H,35,39)(H,36,38). The first-order chi connectivity index (χ1) is 19.9. The minimum atomic E-state index is -0.505. The number of fused-ring (bicyclic) bond motifs is 1. The quantitative estimate of drug-likeness (QED) is 0.268. The molecular formula is C33H32FN3O4. The van der Waals surface area contributed by atoms with Gasteiger partial charge in [-0.05, 0) is 84.1 Å². The molecule has 0 unspecified atom stereocenters. The maximum absolute atomic E-state index is 13.5. The highest BCUT2D eigenvalue weighted by Crippen LogP contribution is 2.33. The van der Waals surface area contributed by atoms with E-state index in [1.54, 1.807) is 38.5 Å². The number of hydrogen-bond acceptors (Lipinski definition) is 5. The Kier molecular flexibility index (Phi) is 8.60. The molecule has 8 heteroatoms. The lowest BCUT2D eigenvalue weighted by Gasteiger charge is -2.29. The van der Waals surface area contributed by atoms with Crippen molar-refractivity contribution >= 4 is 23.2 Å². The van der Waals surface area contributed by atoms with Crippen LogP contribution in [-0.4, -0.2) is 44.0 Å². The van der Waals surface area contributed by atoms with E-state index in [4.69, 9.17) is 9.47 Å². The number of para-hydroxylation sites is 1. The number of anilines is 2. The number of carbonyl (C=O) groups excluding carboxylic acids is 2. The summed E-state index contributed by atoms with van der Waals surface area (Å²) in [6.45, 7) is 2.75. The molecule has 5 rings (SSSR count). The van der Waals surface area contributed by atoms with Crippen LogP contribution in [0.1, 0.15) is 37.4 Å². The second kappa shape index (κ2) is 12.7. The fraction of sp³-hybridized carbons (Fsp3) is 0.212. The van der Waals surface area contributed by atoms with Crippen molar-refractivity contribution in [1.29, 1.82) is 0 Å². The van der Waals surface area contributed by atoms with Crippen LogP contribution in [0.2, 0.25) is 0 Å². The number of nitrogens with zero attached hydrogens (tertiary/aromatic N) is 1. The van der Waals surface area contributed by atoms with Crippen LogP contribution in [0.5, 0.6) is 11.5 Å². The molecule has 1 aliphatic heterocycles.